The van der Waals surface area contributed by atoms with Gasteiger partial charge in [-0.25, -0.2) is 4.98 Å². The molecule has 0 bridgehead atoms. The molecule has 0 spiro atoms. The second-order valence-corrected chi connectivity index (χ2v) is 9.44. The van der Waals surface area contributed by atoms with Crippen LogP contribution in [-0.2, 0) is 4.79 Å². The van der Waals surface area contributed by atoms with Crippen molar-refractivity contribution < 1.29 is 9.53 Å². The number of anilines is 1. The predicted octanol–water partition coefficient (Wildman–Crippen LogP) is 4.82. The quantitative estimate of drug-likeness (QED) is 0.432. The van der Waals surface area contributed by atoms with Gasteiger partial charge < -0.3 is 10.1 Å². The fourth-order valence-electron chi connectivity index (χ4n) is 3.23. The molecule has 4 aromatic rings. The van der Waals surface area contributed by atoms with Crippen molar-refractivity contribution >= 4 is 50.6 Å². The standard InChI is InChI=1S/C21H23N5O2S2/c1-11(2)18-23-20-17(12(3)13(4)30-20)19-24-25-21(26(18)19)29-10-16(27)22-14-6-8-15(28-5)9-7-14/h6-9,11H,10H2,1-5H3,(H,22,27). The summed E-state index contributed by atoms with van der Waals surface area (Å²) in [5.74, 6) is 1.97. The second-order valence-electron chi connectivity index (χ2n) is 7.30. The van der Waals surface area contributed by atoms with Gasteiger partial charge in [0.25, 0.3) is 0 Å². The minimum absolute atomic E-state index is 0.107. The SMILES string of the molecule is COc1ccc(NC(=O)CSc2nnc3c4c(C)c(C)sc4nc(C(C)C)n23)cc1. The van der Waals surface area contributed by atoms with Crippen LogP contribution in [0.2, 0.25) is 0 Å². The Morgan fingerprint density at radius 1 is 1.23 bits per heavy atom. The summed E-state index contributed by atoms with van der Waals surface area (Å²) >= 11 is 3.04. The molecular weight excluding hydrogens is 418 g/mol. The number of aromatic nitrogens is 4. The molecule has 30 heavy (non-hydrogen) atoms. The van der Waals surface area contributed by atoms with Gasteiger partial charge >= 0.3 is 0 Å². The molecule has 0 saturated carbocycles. The molecule has 1 N–H and O–H groups in total. The molecule has 3 heterocycles. The summed E-state index contributed by atoms with van der Waals surface area (Å²) in [4.78, 5) is 19.6. The molecule has 156 valence electrons. The van der Waals surface area contributed by atoms with Crippen molar-refractivity contribution in [1.82, 2.24) is 19.6 Å². The van der Waals surface area contributed by atoms with E-state index in [-0.39, 0.29) is 17.6 Å². The molecule has 0 fully saturated rings. The maximum Gasteiger partial charge on any atom is 0.234 e. The minimum atomic E-state index is -0.107. The summed E-state index contributed by atoms with van der Waals surface area (Å²) in [6, 6.07) is 7.25. The molecule has 4 rings (SSSR count). The molecule has 1 amide bonds. The minimum Gasteiger partial charge on any atom is -0.497 e. The van der Waals surface area contributed by atoms with Crippen LogP contribution in [0.3, 0.4) is 0 Å². The van der Waals surface area contributed by atoms with Crippen LogP contribution in [0.25, 0.3) is 15.9 Å². The first-order chi connectivity index (χ1) is 14.4. The molecule has 9 heteroatoms. The van der Waals surface area contributed by atoms with Gasteiger partial charge in [-0.05, 0) is 43.7 Å². The zero-order valence-electron chi connectivity index (χ0n) is 17.5. The largest absolute Gasteiger partial charge is 0.497 e. The topological polar surface area (TPSA) is 81.4 Å². The van der Waals surface area contributed by atoms with E-state index in [9.17, 15) is 4.79 Å². The molecule has 7 nitrogen and oxygen atoms in total. The van der Waals surface area contributed by atoms with E-state index in [1.807, 2.05) is 28.7 Å². The van der Waals surface area contributed by atoms with E-state index < -0.39 is 0 Å². The fraction of sp³-hybridized carbons (Fsp3) is 0.333. The number of amides is 1. The van der Waals surface area contributed by atoms with Gasteiger partial charge in [-0.1, -0.05) is 25.6 Å². The Balaban J connectivity index is 1.61. The lowest BCUT2D eigenvalue weighted by molar-refractivity contribution is -0.113. The summed E-state index contributed by atoms with van der Waals surface area (Å²) in [5, 5.41) is 13.5. The Morgan fingerprint density at radius 2 is 1.97 bits per heavy atom. The van der Waals surface area contributed by atoms with E-state index >= 15 is 0 Å². The number of fused-ring (bicyclic) bond motifs is 3. The first-order valence-electron chi connectivity index (χ1n) is 9.60. The number of hydrogen-bond acceptors (Lipinski definition) is 7. The number of nitrogens with one attached hydrogen (secondary N) is 1. The number of rotatable bonds is 6. The Kier molecular flexibility index (Phi) is 5.66. The van der Waals surface area contributed by atoms with Crippen molar-refractivity contribution in [1.29, 1.82) is 0 Å². The van der Waals surface area contributed by atoms with Gasteiger partial charge in [0.1, 0.15) is 16.4 Å². The number of benzene rings is 1. The molecule has 3 aromatic heterocycles. The summed E-state index contributed by atoms with van der Waals surface area (Å²) in [7, 11) is 1.61. The number of ether oxygens (including phenoxy) is 1. The van der Waals surface area contributed by atoms with Crippen LogP contribution >= 0.6 is 23.1 Å². The Labute approximate surface area is 182 Å². The number of thioether (sulfide) groups is 1. The normalized spacial score (nSPS) is 11.5. The number of carbonyl (C=O) groups excluding carboxylic acids is 1. The van der Waals surface area contributed by atoms with Crippen molar-refractivity contribution in [2.24, 2.45) is 0 Å². The first-order valence-corrected chi connectivity index (χ1v) is 11.4. The zero-order valence-corrected chi connectivity index (χ0v) is 19.1. The highest BCUT2D eigenvalue weighted by molar-refractivity contribution is 7.99. The average molecular weight is 442 g/mol. The molecule has 1 aromatic carbocycles. The molecule has 0 radical (unpaired) electrons. The molecule has 0 unspecified atom stereocenters. The first kappa shape index (κ1) is 20.6. The summed E-state index contributed by atoms with van der Waals surface area (Å²) in [6.45, 7) is 8.40. The Bertz CT molecular complexity index is 1230. The Hall–Kier alpha value is -2.65. The van der Waals surface area contributed by atoms with E-state index in [4.69, 9.17) is 9.72 Å². The lowest BCUT2D eigenvalue weighted by Gasteiger charge is -2.10. The molecule has 0 saturated heterocycles. The Morgan fingerprint density at radius 3 is 2.63 bits per heavy atom. The zero-order chi connectivity index (χ0) is 21.4. The van der Waals surface area contributed by atoms with Gasteiger partial charge in [0.2, 0.25) is 5.91 Å². The number of thiophene rings is 1. The van der Waals surface area contributed by atoms with E-state index in [0.717, 1.165) is 33.1 Å². The second kappa shape index (κ2) is 8.23. The molecular formula is C21H23N5O2S2. The van der Waals surface area contributed by atoms with E-state index in [0.29, 0.717) is 5.16 Å². The van der Waals surface area contributed by atoms with Crippen molar-refractivity contribution in [2.45, 2.75) is 38.8 Å². The summed E-state index contributed by atoms with van der Waals surface area (Å²) < 4.78 is 7.14. The highest BCUT2D eigenvalue weighted by Crippen LogP contribution is 2.34. The number of aryl methyl sites for hydroxylation is 2. The molecule has 0 aliphatic carbocycles. The molecule has 0 atom stereocenters. The van der Waals surface area contributed by atoms with Crippen LogP contribution in [0.4, 0.5) is 5.69 Å². The number of nitrogens with zero attached hydrogens (tertiary/aromatic N) is 4. The third-order valence-electron chi connectivity index (χ3n) is 4.89. The van der Waals surface area contributed by atoms with Gasteiger partial charge in [-0.3, -0.25) is 9.20 Å². The highest BCUT2D eigenvalue weighted by atomic mass is 32.2. The van der Waals surface area contributed by atoms with Gasteiger partial charge in [0, 0.05) is 16.5 Å². The maximum absolute atomic E-state index is 12.5. The molecule has 0 aliphatic heterocycles. The van der Waals surface area contributed by atoms with E-state index in [1.165, 1.54) is 22.2 Å². The van der Waals surface area contributed by atoms with Crippen LogP contribution < -0.4 is 10.1 Å². The van der Waals surface area contributed by atoms with Crippen LogP contribution in [0, 0.1) is 13.8 Å². The number of carbonyl (C=O) groups is 1. The third kappa shape index (κ3) is 3.75. The van der Waals surface area contributed by atoms with Crippen LogP contribution in [0.1, 0.15) is 36.0 Å². The van der Waals surface area contributed by atoms with E-state index in [1.54, 1.807) is 18.4 Å². The highest BCUT2D eigenvalue weighted by Gasteiger charge is 2.21. The van der Waals surface area contributed by atoms with Gasteiger partial charge in [-0.2, -0.15) is 0 Å². The predicted molar refractivity (Wildman–Crippen MR) is 122 cm³/mol. The number of methoxy groups -OCH3 is 1. The fourth-order valence-corrected chi connectivity index (χ4v) is 5.00. The number of hydrogen-bond donors (Lipinski definition) is 1. The summed E-state index contributed by atoms with van der Waals surface area (Å²) in [6.07, 6.45) is 0. The van der Waals surface area contributed by atoms with Gasteiger partial charge in [0.05, 0.1) is 18.2 Å². The van der Waals surface area contributed by atoms with Gasteiger partial charge in [-0.15, -0.1) is 21.5 Å². The lowest BCUT2D eigenvalue weighted by atomic mass is 10.2. The van der Waals surface area contributed by atoms with Crippen LogP contribution in [-0.4, -0.2) is 38.4 Å². The monoisotopic (exact) mass is 441 g/mol. The van der Waals surface area contributed by atoms with Crippen molar-refractivity contribution in [3.05, 3.63) is 40.5 Å². The average Bonchev–Trinajstić information content (AvgIpc) is 3.27. The van der Waals surface area contributed by atoms with E-state index in [2.05, 4.69) is 43.2 Å². The van der Waals surface area contributed by atoms with Crippen molar-refractivity contribution in [3.63, 3.8) is 0 Å². The van der Waals surface area contributed by atoms with Crippen molar-refractivity contribution in [2.75, 3.05) is 18.2 Å². The van der Waals surface area contributed by atoms with Crippen molar-refractivity contribution in [3.8, 4) is 5.75 Å². The lowest BCUT2D eigenvalue weighted by Crippen LogP contribution is -2.14. The summed E-state index contributed by atoms with van der Waals surface area (Å²) in [5.41, 5.74) is 2.72. The maximum atomic E-state index is 12.5. The molecule has 0 aliphatic rings. The van der Waals surface area contributed by atoms with Crippen LogP contribution in [0.15, 0.2) is 29.4 Å². The van der Waals surface area contributed by atoms with Crippen LogP contribution in [0.5, 0.6) is 5.75 Å². The third-order valence-corrected chi connectivity index (χ3v) is 6.92. The van der Waals surface area contributed by atoms with Gasteiger partial charge in [0.15, 0.2) is 10.8 Å². The smallest absolute Gasteiger partial charge is 0.234 e.